The van der Waals surface area contributed by atoms with Crippen LogP contribution in [0.2, 0.25) is 0 Å². The number of hydrogen-bond acceptors (Lipinski definition) is 5. The molecule has 0 amide bonds. The molecule has 3 heterocycles. The van der Waals surface area contributed by atoms with Crippen LogP contribution in [-0.2, 0) is 0 Å². The maximum atomic E-state index is 4.99. The Morgan fingerprint density at radius 3 is 1.36 bits per heavy atom. The van der Waals surface area contributed by atoms with Crippen molar-refractivity contribution in [1.29, 1.82) is 0 Å². The molecule has 3 aromatic heterocycles. The van der Waals surface area contributed by atoms with Crippen LogP contribution >= 0.6 is 22.7 Å². The average molecular weight is 750 g/mol. The quantitative estimate of drug-likeness (QED) is 0.170. The second-order valence-corrected chi connectivity index (χ2v) is 16.2. The summed E-state index contributed by atoms with van der Waals surface area (Å²) in [6.45, 7) is 0. The third-order valence-corrected chi connectivity index (χ3v) is 12.9. The molecule has 0 fully saturated rings. The van der Waals surface area contributed by atoms with Crippen LogP contribution in [0.3, 0.4) is 0 Å². The summed E-state index contributed by atoms with van der Waals surface area (Å²) < 4.78 is 5.23. The number of aromatic nitrogens is 3. The van der Waals surface area contributed by atoms with Crippen LogP contribution in [0.4, 0.5) is 0 Å². The van der Waals surface area contributed by atoms with Crippen molar-refractivity contribution in [3.05, 3.63) is 188 Å². The zero-order valence-corrected chi connectivity index (χ0v) is 31.7. The predicted molar refractivity (Wildman–Crippen MR) is 238 cm³/mol. The van der Waals surface area contributed by atoms with Gasteiger partial charge in [-0.2, -0.15) is 0 Å². The van der Waals surface area contributed by atoms with E-state index in [2.05, 4.69) is 127 Å². The minimum Gasteiger partial charge on any atom is -0.208 e. The minimum absolute atomic E-state index is 0.643. The van der Waals surface area contributed by atoms with Crippen LogP contribution in [0, 0.1) is 0 Å². The highest BCUT2D eigenvalue weighted by Crippen LogP contribution is 2.42. The van der Waals surface area contributed by atoms with Gasteiger partial charge in [0.2, 0.25) is 0 Å². The van der Waals surface area contributed by atoms with E-state index < -0.39 is 0 Å². The van der Waals surface area contributed by atoms with Gasteiger partial charge in [-0.25, -0.2) is 15.0 Å². The molecule has 11 aromatic rings. The molecule has 0 saturated carbocycles. The van der Waals surface area contributed by atoms with E-state index in [9.17, 15) is 0 Å². The van der Waals surface area contributed by atoms with Crippen LogP contribution in [-0.4, -0.2) is 15.0 Å². The van der Waals surface area contributed by atoms with E-state index in [0.717, 1.165) is 22.3 Å². The molecule has 0 saturated heterocycles. The first-order valence-electron chi connectivity index (χ1n) is 18.7. The highest BCUT2D eigenvalue weighted by atomic mass is 32.1. The molecule has 0 aliphatic carbocycles. The lowest BCUT2D eigenvalue weighted by Gasteiger charge is -2.14. The molecular weight excluding hydrogens is 719 g/mol. The molecule has 11 rings (SSSR count). The summed E-state index contributed by atoms with van der Waals surface area (Å²) in [6.07, 6.45) is 0. The second-order valence-electron chi connectivity index (χ2n) is 14.0. The Hall–Kier alpha value is -6.79. The van der Waals surface area contributed by atoms with E-state index in [1.54, 1.807) is 0 Å². The Labute approximate surface area is 331 Å². The van der Waals surface area contributed by atoms with E-state index in [0.29, 0.717) is 17.5 Å². The standard InChI is InChI=1S/C51H31N3S2/c1-3-11-33(12-4-1)49-52-50(34-13-5-2-6-14-34)54-51(53-49)35-21-19-32(20-22-35)43-29-36(37-24-27-42-40-15-7-9-17-45(40)56-48(42)31-37)23-26-39(43)38-25-28-47-44(30-38)41-16-8-10-18-46(41)55-47/h1-31H. The van der Waals surface area contributed by atoms with Gasteiger partial charge in [0.25, 0.3) is 0 Å². The van der Waals surface area contributed by atoms with Crippen molar-refractivity contribution < 1.29 is 0 Å². The van der Waals surface area contributed by atoms with E-state index in [1.165, 1.54) is 68.2 Å². The fourth-order valence-electron chi connectivity index (χ4n) is 7.75. The van der Waals surface area contributed by atoms with Crippen LogP contribution in [0.25, 0.3) is 108 Å². The lowest BCUT2D eigenvalue weighted by Crippen LogP contribution is -2.00. The Morgan fingerprint density at radius 2 is 0.696 bits per heavy atom. The SMILES string of the molecule is c1ccc(-c2nc(-c3ccccc3)nc(-c3ccc(-c4cc(-c5ccc6c(c5)sc5ccccc56)ccc4-c4ccc5sc6ccccc6c5c4)cc3)n2)cc1. The predicted octanol–water partition coefficient (Wildman–Crippen LogP) is 14.6. The summed E-state index contributed by atoms with van der Waals surface area (Å²) in [5, 5.41) is 5.22. The highest BCUT2D eigenvalue weighted by Gasteiger charge is 2.16. The van der Waals surface area contributed by atoms with Gasteiger partial charge in [-0.15, -0.1) is 22.7 Å². The van der Waals surface area contributed by atoms with Crippen LogP contribution in [0.1, 0.15) is 0 Å². The molecule has 56 heavy (non-hydrogen) atoms. The fraction of sp³-hybridized carbons (Fsp3) is 0. The lowest BCUT2D eigenvalue weighted by atomic mass is 9.90. The van der Waals surface area contributed by atoms with Crippen LogP contribution in [0.5, 0.6) is 0 Å². The molecule has 3 nitrogen and oxygen atoms in total. The van der Waals surface area contributed by atoms with Crippen LogP contribution in [0.15, 0.2) is 188 Å². The van der Waals surface area contributed by atoms with Gasteiger partial charge in [-0.3, -0.25) is 0 Å². The second kappa shape index (κ2) is 13.5. The van der Waals surface area contributed by atoms with Crippen molar-refractivity contribution in [1.82, 2.24) is 15.0 Å². The minimum atomic E-state index is 0.643. The van der Waals surface area contributed by atoms with Gasteiger partial charge in [0.1, 0.15) is 0 Å². The largest absolute Gasteiger partial charge is 0.208 e. The van der Waals surface area contributed by atoms with E-state index in [4.69, 9.17) is 15.0 Å². The maximum absolute atomic E-state index is 4.99. The molecule has 0 spiro atoms. The van der Waals surface area contributed by atoms with Crippen molar-refractivity contribution >= 4 is 63.0 Å². The fourth-order valence-corrected chi connectivity index (χ4v) is 9.98. The maximum Gasteiger partial charge on any atom is 0.164 e. The third-order valence-electron chi connectivity index (χ3n) is 10.6. The number of hydrogen-bond donors (Lipinski definition) is 0. The highest BCUT2D eigenvalue weighted by molar-refractivity contribution is 7.26. The average Bonchev–Trinajstić information content (AvgIpc) is 3.84. The summed E-state index contributed by atoms with van der Waals surface area (Å²) in [6, 6.07) is 67.1. The molecule has 0 aliphatic rings. The van der Waals surface area contributed by atoms with E-state index in [-0.39, 0.29) is 0 Å². The topological polar surface area (TPSA) is 38.7 Å². The van der Waals surface area contributed by atoms with E-state index >= 15 is 0 Å². The van der Waals surface area contributed by atoms with Gasteiger partial charge in [0.05, 0.1) is 0 Å². The first-order chi connectivity index (χ1) is 27.7. The summed E-state index contributed by atoms with van der Waals surface area (Å²) in [5.74, 6) is 1.95. The zero-order valence-electron chi connectivity index (χ0n) is 30.1. The van der Waals surface area contributed by atoms with Crippen molar-refractivity contribution in [2.45, 2.75) is 0 Å². The first-order valence-corrected chi connectivity index (χ1v) is 20.3. The Bertz CT molecular complexity index is 3180. The number of benzene rings is 8. The van der Waals surface area contributed by atoms with Gasteiger partial charge in [-0.05, 0) is 69.8 Å². The number of thiophene rings is 2. The van der Waals surface area contributed by atoms with Crippen molar-refractivity contribution in [3.8, 4) is 67.5 Å². The summed E-state index contributed by atoms with van der Waals surface area (Å²) in [5.41, 5.74) is 9.94. The van der Waals surface area contributed by atoms with Crippen molar-refractivity contribution in [2.24, 2.45) is 0 Å². The van der Waals surface area contributed by atoms with Gasteiger partial charge >= 0.3 is 0 Å². The van der Waals surface area contributed by atoms with Crippen LogP contribution < -0.4 is 0 Å². The molecule has 0 N–H and O–H groups in total. The van der Waals surface area contributed by atoms with Gasteiger partial charge in [0, 0.05) is 57.0 Å². The Kier molecular flexibility index (Phi) is 7.87. The molecule has 0 atom stereocenters. The molecule has 5 heteroatoms. The van der Waals surface area contributed by atoms with Crippen molar-refractivity contribution in [3.63, 3.8) is 0 Å². The smallest absolute Gasteiger partial charge is 0.164 e. The molecule has 0 aliphatic heterocycles. The molecule has 8 aromatic carbocycles. The monoisotopic (exact) mass is 749 g/mol. The summed E-state index contributed by atoms with van der Waals surface area (Å²) in [4.78, 5) is 14.9. The Balaban J connectivity index is 1.05. The molecule has 0 radical (unpaired) electrons. The Morgan fingerprint density at radius 1 is 0.250 bits per heavy atom. The molecule has 0 unspecified atom stereocenters. The van der Waals surface area contributed by atoms with E-state index in [1.807, 2.05) is 83.3 Å². The zero-order chi connectivity index (χ0) is 37.0. The number of fused-ring (bicyclic) bond motifs is 6. The normalized spacial score (nSPS) is 11.6. The molecule has 0 bridgehead atoms. The third kappa shape index (κ3) is 5.77. The van der Waals surface area contributed by atoms with Gasteiger partial charge < -0.3 is 0 Å². The number of rotatable bonds is 6. The molecular formula is C51H31N3S2. The summed E-state index contributed by atoms with van der Waals surface area (Å²) >= 11 is 3.71. The first kappa shape index (κ1) is 32.6. The number of nitrogens with zero attached hydrogens (tertiary/aromatic N) is 3. The van der Waals surface area contributed by atoms with Crippen molar-refractivity contribution in [2.75, 3.05) is 0 Å². The lowest BCUT2D eigenvalue weighted by molar-refractivity contribution is 1.07. The summed E-state index contributed by atoms with van der Waals surface area (Å²) in [7, 11) is 0. The van der Waals surface area contributed by atoms with Gasteiger partial charge in [-0.1, -0.05) is 152 Å². The molecule has 262 valence electrons. The van der Waals surface area contributed by atoms with Gasteiger partial charge in [0.15, 0.2) is 17.5 Å².